The van der Waals surface area contributed by atoms with Gasteiger partial charge in [0.25, 0.3) is 0 Å². The van der Waals surface area contributed by atoms with Gasteiger partial charge in [-0.05, 0) is 37.6 Å². The van der Waals surface area contributed by atoms with Crippen LogP contribution in [0.5, 0.6) is 0 Å². The molecule has 3 heteroatoms. The molecule has 0 aromatic carbocycles. The van der Waals surface area contributed by atoms with Gasteiger partial charge in [-0.3, -0.25) is 9.88 Å². The Labute approximate surface area is 118 Å². The second kappa shape index (κ2) is 9.05. The van der Waals surface area contributed by atoms with Crippen molar-refractivity contribution >= 4 is 0 Å². The van der Waals surface area contributed by atoms with Crippen molar-refractivity contribution in [1.29, 1.82) is 0 Å². The molecule has 0 amide bonds. The first-order valence-corrected chi connectivity index (χ1v) is 7.53. The van der Waals surface area contributed by atoms with Crippen LogP contribution in [0.3, 0.4) is 0 Å². The zero-order valence-corrected chi connectivity index (χ0v) is 12.9. The molecule has 0 aliphatic rings. The fourth-order valence-corrected chi connectivity index (χ4v) is 2.38. The molecule has 0 bridgehead atoms. The van der Waals surface area contributed by atoms with Crippen LogP contribution in [0, 0.1) is 5.92 Å². The molecule has 1 atom stereocenters. The van der Waals surface area contributed by atoms with Crippen LogP contribution >= 0.6 is 0 Å². The lowest BCUT2D eigenvalue weighted by Gasteiger charge is -2.33. The Morgan fingerprint density at radius 3 is 2.58 bits per heavy atom. The van der Waals surface area contributed by atoms with Crippen LogP contribution in [0.25, 0.3) is 0 Å². The lowest BCUT2D eigenvalue weighted by molar-refractivity contribution is 0.149. The fraction of sp³-hybridized carbons (Fsp3) is 0.688. The van der Waals surface area contributed by atoms with E-state index in [2.05, 4.69) is 55.0 Å². The quantitative estimate of drug-likeness (QED) is 0.694. The lowest BCUT2D eigenvalue weighted by Crippen LogP contribution is -2.45. The first-order chi connectivity index (χ1) is 9.19. The topological polar surface area (TPSA) is 28.2 Å². The van der Waals surface area contributed by atoms with Crippen molar-refractivity contribution in [3.05, 3.63) is 30.1 Å². The summed E-state index contributed by atoms with van der Waals surface area (Å²) < 4.78 is 0. The third kappa shape index (κ3) is 5.70. The number of nitrogens with one attached hydrogen (secondary N) is 1. The number of hydrogen-bond acceptors (Lipinski definition) is 3. The summed E-state index contributed by atoms with van der Waals surface area (Å²) in [6, 6.07) is 6.72. The third-order valence-electron chi connectivity index (χ3n) is 3.52. The SMILES string of the molecule is CCCNCC(C(C)C)N(CC)Cc1ccccn1. The molecule has 1 rings (SSSR count). The number of nitrogens with zero attached hydrogens (tertiary/aromatic N) is 2. The highest BCUT2D eigenvalue weighted by Crippen LogP contribution is 2.13. The van der Waals surface area contributed by atoms with E-state index in [0.717, 1.165) is 31.9 Å². The molecule has 0 aliphatic carbocycles. The van der Waals surface area contributed by atoms with Crippen molar-refractivity contribution in [2.45, 2.75) is 46.7 Å². The Bertz CT molecular complexity index is 324. The maximum absolute atomic E-state index is 4.44. The molecular formula is C16H29N3. The van der Waals surface area contributed by atoms with Crippen molar-refractivity contribution in [3.8, 4) is 0 Å². The molecule has 0 radical (unpaired) electrons. The summed E-state index contributed by atoms with van der Waals surface area (Å²) >= 11 is 0. The molecule has 3 nitrogen and oxygen atoms in total. The number of hydrogen-bond donors (Lipinski definition) is 1. The van der Waals surface area contributed by atoms with E-state index in [4.69, 9.17) is 0 Å². The molecule has 0 saturated heterocycles. The van der Waals surface area contributed by atoms with E-state index < -0.39 is 0 Å². The van der Waals surface area contributed by atoms with E-state index >= 15 is 0 Å². The summed E-state index contributed by atoms with van der Waals surface area (Å²) in [5.74, 6) is 0.646. The van der Waals surface area contributed by atoms with E-state index in [1.165, 1.54) is 6.42 Å². The van der Waals surface area contributed by atoms with Crippen molar-refractivity contribution in [1.82, 2.24) is 15.2 Å². The van der Waals surface area contributed by atoms with Gasteiger partial charge >= 0.3 is 0 Å². The van der Waals surface area contributed by atoms with Crippen LogP contribution in [-0.4, -0.2) is 35.6 Å². The van der Waals surface area contributed by atoms with Gasteiger partial charge in [0.1, 0.15) is 0 Å². The average molecular weight is 263 g/mol. The fourth-order valence-electron chi connectivity index (χ4n) is 2.38. The summed E-state index contributed by atoms with van der Waals surface area (Å²) in [5, 5.41) is 3.55. The maximum atomic E-state index is 4.44. The van der Waals surface area contributed by atoms with Gasteiger partial charge < -0.3 is 5.32 Å². The van der Waals surface area contributed by atoms with Gasteiger partial charge in [0.2, 0.25) is 0 Å². The van der Waals surface area contributed by atoms with E-state index in [1.807, 2.05) is 12.3 Å². The van der Waals surface area contributed by atoms with E-state index in [9.17, 15) is 0 Å². The standard InChI is InChI=1S/C16H29N3/c1-5-10-17-12-16(14(3)4)19(6-2)13-15-9-7-8-11-18-15/h7-9,11,14,16-17H,5-6,10,12-13H2,1-4H3. The zero-order chi connectivity index (χ0) is 14.1. The molecular weight excluding hydrogens is 234 g/mol. The second-order valence-electron chi connectivity index (χ2n) is 5.40. The summed E-state index contributed by atoms with van der Waals surface area (Å²) in [6.45, 7) is 13.2. The van der Waals surface area contributed by atoms with Crippen LogP contribution in [0.1, 0.15) is 39.8 Å². The van der Waals surface area contributed by atoms with Gasteiger partial charge in [-0.25, -0.2) is 0 Å². The summed E-state index contributed by atoms with van der Waals surface area (Å²) in [6.07, 6.45) is 3.07. The van der Waals surface area contributed by atoms with E-state index in [-0.39, 0.29) is 0 Å². The minimum Gasteiger partial charge on any atom is -0.315 e. The molecule has 1 aromatic rings. The van der Waals surface area contributed by atoms with Crippen molar-refractivity contribution in [2.24, 2.45) is 5.92 Å². The normalized spacial score (nSPS) is 13.2. The van der Waals surface area contributed by atoms with Crippen molar-refractivity contribution in [3.63, 3.8) is 0 Å². The van der Waals surface area contributed by atoms with Gasteiger partial charge in [0.05, 0.1) is 5.69 Å². The minimum atomic E-state index is 0.568. The number of likely N-dealkylation sites (N-methyl/N-ethyl adjacent to an activating group) is 1. The largest absolute Gasteiger partial charge is 0.315 e. The summed E-state index contributed by atoms with van der Waals surface area (Å²) in [7, 11) is 0. The van der Waals surface area contributed by atoms with Gasteiger partial charge in [-0.2, -0.15) is 0 Å². The number of aromatic nitrogens is 1. The summed E-state index contributed by atoms with van der Waals surface area (Å²) in [4.78, 5) is 6.97. The second-order valence-corrected chi connectivity index (χ2v) is 5.40. The van der Waals surface area contributed by atoms with Gasteiger partial charge in [-0.15, -0.1) is 0 Å². The number of rotatable bonds is 9. The molecule has 1 N–H and O–H groups in total. The van der Waals surface area contributed by atoms with Crippen LogP contribution in [-0.2, 0) is 6.54 Å². The molecule has 0 fully saturated rings. The molecule has 1 aromatic heterocycles. The maximum Gasteiger partial charge on any atom is 0.0544 e. The smallest absolute Gasteiger partial charge is 0.0544 e. The Morgan fingerprint density at radius 2 is 2.05 bits per heavy atom. The van der Waals surface area contributed by atoms with E-state index in [0.29, 0.717) is 12.0 Å². The molecule has 1 heterocycles. The van der Waals surface area contributed by atoms with Crippen LogP contribution in [0.4, 0.5) is 0 Å². The van der Waals surface area contributed by atoms with E-state index in [1.54, 1.807) is 0 Å². The predicted molar refractivity (Wildman–Crippen MR) is 82.1 cm³/mol. The molecule has 108 valence electrons. The Morgan fingerprint density at radius 1 is 1.26 bits per heavy atom. The lowest BCUT2D eigenvalue weighted by atomic mass is 10.0. The molecule has 19 heavy (non-hydrogen) atoms. The van der Waals surface area contributed by atoms with Crippen LogP contribution < -0.4 is 5.32 Å². The Kier molecular flexibility index (Phi) is 7.68. The van der Waals surface area contributed by atoms with Crippen molar-refractivity contribution < 1.29 is 0 Å². The minimum absolute atomic E-state index is 0.568. The molecule has 0 aliphatic heterocycles. The summed E-state index contributed by atoms with van der Waals surface area (Å²) in [5.41, 5.74) is 1.16. The highest BCUT2D eigenvalue weighted by atomic mass is 15.2. The highest BCUT2D eigenvalue weighted by Gasteiger charge is 2.20. The Hall–Kier alpha value is -0.930. The molecule has 0 saturated carbocycles. The molecule has 0 spiro atoms. The average Bonchev–Trinajstić information content (AvgIpc) is 2.42. The first-order valence-electron chi connectivity index (χ1n) is 7.53. The zero-order valence-electron chi connectivity index (χ0n) is 12.9. The van der Waals surface area contributed by atoms with Gasteiger partial charge in [-0.1, -0.05) is 33.8 Å². The number of pyridine rings is 1. The van der Waals surface area contributed by atoms with Crippen LogP contribution in [0.2, 0.25) is 0 Å². The predicted octanol–water partition coefficient (Wildman–Crippen LogP) is 2.93. The molecule has 1 unspecified atom stereocenters. The first kappa shape index (κ1) is 16.1. The van der Waals surface area contributed by atoms with Gasteiger partial charge in [0, 0.05) is 25.3 Å². The van der Waals surface area contributed by atoms with Gasteiger partial charge in [0.15, 0.2) is 0 Å². The monoisotopic (exact) mass is 263 g/mol. The Balaban J connectivity index is 2.62. The van der Waals surface area contributed by atoms with Crippen LogP contribution in [0.15, 0.2) is 24.4 Å². The van der Waals surface area contributed by atoms with Crippen molar-refractivity contribution in [2.75, 3.05) is 19.6 Å². The highest BCUT2D eigenvalue weighted by molar-refractivity contribution is 5.03. The third-order valence-corrected chi connectivity index (χ3v) is 3.52.